The summed E-state index contributed by atoms with van der Waals surface area (Å²) in [5.74, 6) is -1.28. The van der Waals surface area contributed by atoms with Crippen molar-refractivity contribution < 1.29 is 33.4 Å². The standard InChI is InChI=1S/C27H31N3O7/c1-4-36-26(33)18-14-19(27(34)37-5-2)16-21(15-18)30-24(31)17-23(25(30)32)29-12-10-28(11-13-29)20-6-8-22(35-3)9-7-20/h6-9,14-16,23H,4-5,10-13,17H2,1-3H3. The molecule has 0 spiro atoms. The number of benzene rings is 2. The van der Waals surface area contributed by atoms with Gasteiger partial charge < -0.3 is 19.1 Å². The van der Waals surface area contributed by atoms with Crippen LogP contribution in [0.5, 0.6) is 5.75 Å². The summed E-state index contributed by atoms with van der Waals surface area (Å²) in [5.41, 5.74) is 1.36. The second-order valence-corrected chi connectivity index (χ2v) is 8.72. The van der Waals surface area contributed by atoms with Gasteiger partial charge in [0.15, 0.2) is 0 Å². The lowest BCUT2D eigenvalue weighted by Crippen LogP contribution is -2.52. The highest BCUT2D eigenvalue weighted by atomic mass is 16.5. The van der Waals surface area contributed by atoms with E-state index in [1.807, 2.05) is 29.2 Å². The van der Waals surface area contributed by atoms with Crippen molar-refractivity contribution >= 4 is 35.1 Å². The Kier molecular flexibility index (Phi) is 8.08. The molecule has 2 fully saturated rings. The van der Waals surface area contributed by atoms with E-state index >= 15 is 0 Å². The number of piperazine rings is 1. The fraction of sp³-hybridized carbons (Fsp3) is 0.407. The smallest absolute Gasteiger partial charge is 0.338 e. The van der Waals surface area contributed by atoms with E-state index in [1.165, 1.54) is 18.2 Å². The second-order valence-electron chi connectivity index (χ2n) is 8.72. The van der Waals surface area contributed by atoms with Gasteiger partial charge in [-0.15, -0.1) is 0 Å². The molecular formula is C27H31N3O7. The number of carbonyl (C=O) groups excluding carboxylic acids is 4. The van der Waals surface area contributed by atoms with Crippen LogP contribution in [0.4, 0.5) is 11.4 Å². The zero-order chi connectivity index (χ0) is 26.5. The van der Waals surface area contributed by atoms with Gasteiger partial charge in [0.25, 0.3) is 5.91 Å². The molecule has 2 amide bonds. The first-order chi connectivity index (χ1) is 17.9. The Morgan fingerprint density at radius 1 is 0.838 bits per heavy atom. The zero-order valence-electron chi connectivity index (χ0n) is 21.3. The molecule has 2 aromatic rings. The minimum Gasteiger partial charge on any atom is -0.497 e. The van der Waals surface area contributed by atoms with E-state index in [-0.39, 0.29) is 48.3 Å². The summed E-state index contributed by atoms with van der Waals surface area (Å²) in [6, 6.07) is 11.4. The lowest BCUT2D eigenvalue weighted by Gasteiger charge is -2.38. The van der Waals surface area contributed by atoms with Gasteiger partial charge in [0.2, 0.25) is 5.91 Å². The topological polar surface area (TPSA) is 106 Å². The third kappa shape index (κ3) is 5.59. The van der Waals surface area contributed by atoms with Crippen molar-refractivity contribution in [2.75, 3.05) is 56.3 Å². The second kappa shape index (κ2) is 11.4. The maximum Gasteiger partial charge on any atom is 0.338 e. The molecule has 0 aliphatic carbocycles. The van der Waals surface area contributed by atoms with E-state index in [0.29, 0.717) is 26.2 Å². The first kappa shape index (κ1) is 26.2. The summed E-state index contributed by atoms with van der Waals surface area (Å²) in [6.45, 7) is 6.25. The van der Waals surface area contributed by atoms with E-state index in [0.717, 1.165) is 16.3 Å². The lowest BCUT2D eigenvalue weighted by molar-refractivity contribution is -0.123. The average Bonchev–Trinajstić information content (AvgIpc) is 3.22. The number of rotatable bonds is 8. The zero-order valence-corrected chi connectivity index (χ0v) is 21.3. The number of amides is 2. The first-order valence-corrected chi connectivity index (χ1v) is 12.4. The average molecular weight is 510 g/mol. The highest BCUT2D eigenvalue weighted by Gasteiger charge is 2.43. The Morgan fingerprint density at radius 3 is 1.92 bits per heavy atom. The van der Waals surface area contributed by atoms with E-state index in [1.54, 1.807) is 21.0 Å². The number of hydrogen-bond donors (Lipinski definition) is 0. The molecular weight excluding hydrogens is 478 g/mol. The minimum absolute atomic E-state index is 0.0275. The van der Waals surface area contributed by atoms with Crippen LogP contribution >= 0.6 is 0 Å². The largest absolute Gasteiger partial charge is 0.497 e. The SMILES string of the molecule is CCOC(=O)c1cc(C(=O)OCC)cc(N2C(=O)CC(N3CCN(c4ccc(OC)cc4)CC3)C2=O)c1. The number of carbonyl (C=O) groups is 4. The summed E-state index contributed by atoms with van der Waals surface area (Å²) in [6.07, 6.45) is 0.0275. The van der Waals surface area contributed by atoms with Gasteiger partial charge in [-0.3, -0.25) is 14.5 Å². The molecule has 2 saturated heterocycles. The molecule has 196 valence electrons. The van der Waals surface area contributed by atoms with Crippen LogP contribution in [0.1, 0.15) is 41.0 Å². The molecule has 0 N–H and O–H groups in total. The predicted octanol–water partition coefficient (Wildman–Crippen LogP) is 2.50. The Hall–Kier alpha value is -3.92. The number of imide groups is 1. The van der Waals surface area contributed by atoms with Crippen LogP contribution in [0, 0.1) is 0 Å². The number of hydrogen-bond acceptors (Lipinski definition) is 9. The van der Waals surface area contributed by atoms with Crippen molar-refractivity contribution in [3.63, 3.8) is 0 Å². The van der Waals surface area contributed by atoms with E-state index in [9.17, 15) is 19.2 Å². The molecule has 0 saturated carbocycles. The van der Waals surface area contributed by atoms with Crippen LogP contribution in [0.25, 0.3) is 0 Å². The number of anilines is 2. The molecule has 1 unspecified atom stereocenters. The van der Waals surface area contributed by atoms with Gasteiger partial charge >= 0.3 is 11.9 Å². The van der Waals surface area contributed by atoms with Crippen LogP contribution < -0.4 is 14.5 Å². The molecule has 4 rings (SSSR count). The fourth-order valence-corrected chi connectivity index (χ4v) is 4.66. The highest BCUT2D eigenvalue weighted by Crippen LogP contribution is 2.29. The van der Waals surface area contributed by atoms with Crippen LogP contribution in [-0.4, -0.2) is 81.2 Å². The molecule has 2 aromatic carbocycles. The predicted molar refractivity (Wildman–Crippen MR) is 136 cm³/mol. The fourth-order valence-electron chi connectivity index (χ4n) is 4.66. The van der Waals surface area contributed by atoms with E-state index in [4.69, 9.17) is 14.2 Å². The maximum absolute atomic E-state index is 13.5. The highest BCUT2D eigenvalue weighted by molar-refractivity contribution is 6.23. The monoisotopic (exact) mass is 509 g/mol. The first-order valence-electron chi connectivity index (χ1n) is 12.4. The van der Waals surface area contributed by atoms with Gasteiger partial charge in [-0.05, 0) is 56.3 Å². The van der Waals surface area contributed by atoms with Crippen molar-refractivity contribution in [1.29, 1.82) is 0 Å². The van der Waals surface area contributed by atoms with Gasteiger partial charge in [-0.25, -0.2) is 14.5 Å². The third-order valence-corrected chi connectivity index (χ3v) is 6.51. The van der Waals surface area contributed by atoms with Crippen molar-refractivity contribution in [3.8, 4) is 5.75 Å². The van der Waals surface area contributed by atoms with Gasteiger partial charge in [0.05, 0.1) is 49.6 Å². The van der Waals surface area contributed by atoms with Gasteiger partial charge in [-0.2, -0.15) is 0 Å². The van der Waals surface area contributed by atoms with Crippen LogP contribution in [0.3, 0.4) is 0 Å². The Labute approximate surface area is 215 Å². The quantitative estimate of drug-likeness (QED) is 0.392. The number of methoxy groups -OCH3 is 1. The summed E-state index contributed by atoms with van der Waals surface area (Å²) >= 11 is 0. The number of ether oxygens (including phenoxy) is 3. The molecule has 0 aromatic heterocycles. The summed E-state index contributed by atoms with van der Waals surface area (Å²) < 4.78 is 15.4. The van der Waals surface area contributed by atoms with Crippen molar-refractivity contribution in [3.05, 3.63) is 53.6 Å². The summed E-state index contributed by atoms with van der Waals surface area (Å²) in [7, 11) is 1.63. The molecule has 1 atom stereocenters. The maximum atomic E-state index is 13.5. The normalized spacial score (nSPS) is 18.2. The lowest BCUT2D eigenvalue weighted by atomic mass is 10.1. The van der Waals surface area contributed by atoms with Crippen LogP contribution in [0.15, 0.2) is 42.5 Å². The van der Waals surface area contributed by atoms with Crippen LogP contribution in [-0.2, 0) is 19.1 Å². The summed E-state index contributed by atoms with van der Waals surface area (Å²) in [4.78, 5) is 56.6. The molecule has 0 bridgehead atoms. The minimum atomic E-state index is -0.653. The van der Waals surface area contributed by atoms with Crippen LogP contribution in [0.2, 0.25) is 0 Å². The van der Waals surface area contributed by atoms with Gasteiger partial charge in [0, 0.05) is 31.9 Å². The Balaban J connectivity index is 1.51. The molecule has 0 radical (unpaired) electrons. The van der Waals surface area contributed by atoms with Crippen molar-refractivity contribution in [2.24, 2.45) is 0 Å². The molecule has 37 heavy (non-hydrogen) atoms. The number of esters is 2. The van der Waals surface area contributed by atoms with Crippen molar-refractivity contribution in [2.45, 2.75) is 26.3 Å². The molecule has 10 heteroatoms. The Bertz CT molecular complexity index is 1140. The molecule has 2 aliphatic heterocycles. The summed E-state index contributed by atoms with van der Waals surface area (Å²) in [5, 5.41) is 0. The van der Waals surface area contributed by atoms with E-state index in [2.05, 4.69) is 4.90 Å². The van der Waals surface area contributed by atoms with E-state index < -0.39 is 18.0 Å². The van der Waals surface area contributed by atoms with Crippen molar-refractivity contribution in [1.82, 2.24) is 4.90 Å². The Morgan fingerprint density at radius 2 is 1.41 bits per heavy atom. The van der Waals surface area contributed by atoms with Gasteiger partial charge in [0.1, 0.15) is 5.75 Å². The molecule has 2 aliphatic rings. The molecule has 2 heterocycles. The third-order valence-electron chi connectivity index (χ3n) is 6.51. The number of nitrogens with zero attached hydrogens (tertiary/aromatic N) is 3. The van der Waals surface area contributed by atoms with Gasteiger partial charge in [-0.1, -0.05) is 0 Å². The molecule has 10 nitrogen and oxygen atoms in total.